The molecule has 1 fully saturated rings. The van der Waals surface area contributed by atoms with Crippen molar-refractivity contribution in [1.29, 1.82) is 5.26 Å². The number of hydrogen-bond acceptors (Lipinski definition) is 3. The zero-order chi connectivity index (χ0) is 21.1. The van der Waals surface area contributed by atoms with E-state index in [-0.39, 0.29) is 23.6 Å². The number of nitriles is 1. The summed E-state index contributed by atoms with van der Waals surface area (Å²) in [6.07, 6.45) is 7.14. The molecule has 2 heterocycles. The SMILES string of the molecule is Cc1cc(/C=C(\C#N)C(=O)NC2CCCc3ccccc32)c(C)n1CC1CCCO1. The Morgan fingerprint density at radius 2 is 2.13 bits per heavy atom. The third-order valence-electron chi connectivity index (χ3n) is 6.36. The molecule has 0 radical (unpaired) electrons. The highest BCUT2D eigenvalue weighted by Gasteiger charge is 2.23. The van der Waals surface area contributed by atoms with E-state index < -0.39 is 0 Å². The van der Waals surface area contributed by atoms with Crippen molar-refractivity contribution in [3.63, 3.8) is 0 Å². The molecule has 5 heteroatoms. The van der Waals surface area contributed by atoms with E-state index in [0.29, 0.717) is 0 Å². The van der Waals surface area contributed by atoms with Crippen molar-refractivity contribution in [3.8, 4) is 6.07 Å². The van der Waals surface area contributed by atoms with Crippen LogP contribution in [-0.4, -0.2) is 23.2 Å². The van der Waals surface area contributed by atoms with Gasteiger partial charge < -0.3 is 14.6 Å². The molecule has 2 aromatic rings. The molecule has 2 atom stereocenters. The van der Waals surface area contributed by atoms with Crippen LogP contribution < -0.4 is 5.32 Å². The van der Waals surface area contributed by atoms with E-state index in [0.717, 1.165) is 62.2 Å². The minimum Gasteiger partial charge on any atom is -0.376 e. The van der Waals surface area contributed by atoms with E-state index in [9.17, 15) is 10.1 Å². The van der Waals surface area contributed by atoms with Gasteiger partial charge in [0.05, 0.1) is 12.1 Å². The monoisotopic (exact) mass is 403 g/mol. The molecule has 2 unspecified atom stereocenters. The summed E-state index contributed by atoms with van der Waals surface area (Å²) in [4.78, 5) is 12.9. The van der Waals surface area contributed by atoms with Crippen LogP contribution in [0.2, 0.25) is 0 Å². The zero-order valence-electron chi connectivity index (χ0n) is 17.8. The second-order valence-electron chi connectivity index (χ2n) is 8.36. The van der Waals surface area contributed by atoms with Crippen LogP contribution in [0.5, 0.6) is 0 Å². The van der Waals surface area contributed by atoms with Crippen LogP contribution in [0.3, 0.4) is 0 Å². The number of nitrogens with one attached hydrogen (secondary N) is 1. The van der Waals surface area contributed by atoms with Gasteiger partial charge in [0.1, 0.15) is 11.6 Å². The number of aromatic nitrogens is 1. The maximum Gasteiger partial charge on any atom is 0.262 e. The number of rotatable bonds is 5. The van der Waals surface area contributed by atoms with E-state index >= 15 is 0 Å². The lowest BCUT2D eigenvalue weighted by atomic mass is 9.87. The van der Waals surface area contributed by atoms with Gasteiger partial charge in [-0.3, -0.25) is 4.79 Å². The fraction of sp³-hybridized carbons (Fsp3) is 0.440. The molecule has 2 aliphatic rings. The van der Waals surface area contributed by atoms with Crippen LogP contribution in [0.25, 0.3) is 6.08 Å². The Morgan fingerprint density at radius 3 is 2.90 bits per heavy atom. The van der Waals surface area contributed by atoms with Crippen LogP contribution in [0.4, 0.5) is 0 Å². The van der Waals surface area contributed by atoms with Gasteiger partial charge in [-0.1, -0.05) is 24.3 Å². The van der Waals surface area contributed by atoms with Crippen LogP contribution in [0.1, 0.15) is 59.8 Å². The van der Waals surface area contributed by atoms with Crippen molar-refractivity contribution >= 4 is 12.0 Å². The Hall–Kier alpha value is -2.84. The van der Waals surface area contributed by atoms with Gasteiger partial charge >= 0.3 is 0 Å². The normalized spacial score (nSPS) is 21.2. The first-order valence-electron chi connectivity index (χ1n) is 10.9. The third kappa shape index (κ3) is 4.20. The highest BCUT2D eigenvalue weighted by atomic mass is 16.5. The van der Waals surface area contributed by atoms with Crippen LogP contribution >= 0.6 is 0 Å². The number of fused-ring (bicyclic) bond motifs is 1. The summed E-state index contributed by atoms with van der Waals surface area (Å²) >= 11 is 0. The molecule has 1 aromatic carbocycles. The quantitative estimate of drug-likeness (QED) is 0.595. The molecule has 1 amide bonds. The smallest absolute Gasteiger partial charge is 0.262 e. The van der Waals surface area contributed by atoms with Gasteiger partial charge in [-0.05, 0) is 74.8 Å². The Kier molecular flexibility index (Phi) is 6.06. The third-order valence-corrected chi connectivity index (χ3v) is 6.36. The van der Waals surface area contributed by atoms with Gasteiger partial charge in [-0.2, -0.15) is 5.26 Å². The van der Waals surface area contributed by atoms with Crippen molar-refractivity contribution in [1.82, 2.24) is 9.88 Å². The highest BCUT2D eigenvalue weighted by Crippen LogP contribution is 2.30. The highest BCUT2D eigenvalue weighted by molar-refractivity contribution is 6.02. The predicted octanol–water partition coefficient (Wildman–Crippen LogP) is 4.38. The molecule has 1 N–H and O–H groups in total. The van der Waals surface area contributed by atoms with Crippen molar-refractivity contribution in [2.24, 2.45) is 0 Å². The Morgan fingerprint density at radius 1 is 1.30 bits per heavy atom. The van der Waals surface area contributed by atoms with E-state index in [1.54, 1.807) is 6.08 Å². The fourth-order valence-electron chi connectivity index (χ4n) is 4.69. The lowest BCUT2D eigenvalue weighted by Gasteiger charge is -2.26. The van der Waals surface area contributed by atoms with Crippen molar-refractivity contribution in [2.75, 3.05) is 6.61 Å². The fourth-order valence-corrected chi connectivity index (χ4v) is 4.69. The average molecular weight is 404 g/mol. The summed E-state index contributed by atoms with van der Waals surface area (Å²) in [7, 11) is 0. The Balaban J connectivity index is 1.53. The van der Waals surface area contributed by atoms with E-state index in [4.69, 9.17) is 4.74 Å². The van der Waals surface area contributed by atoms with Gasteiger partial charge in [0.25, 0.3) is 5.91 Å². The number of carbonyl (C=O) groups excluding carboxylic acids is 1. The second-order valence-corrected chi connectivity index (χ2v) is 8.36. The molecule has 0 bridgehead atoms. The van der Waals surface area contributed by atoms with Gasteiger partial charge in [0, 0.05) is 24.5 Å². The molecule has 1 aliphatic carbocycles. The first-order valence-corrected chi connectivity index (χ1v) is 10.9. The largest absolute Gasteiger partial charge is 0.376 e. The molecular formula is C25H29N3O2. The topological polar surface area (TPSA) is 67.0 Å². The molecule has 4 rings (SSSR count). The molecule has 156 valence electrons. The second kappa shape index (κ2) is 8.89. The minimum absolute atomic E-state index is 0.0360. The van der Waals surface area contributed by atoms with Gasteiger partial charge in [-0.15, -0.1) is 0 Å². The number of hydrogen-bond donors (Lipinski definition) is 1. The summed E-state index contributed by atoms with van der Waals surface area (Å²) in [5.74, 6) is -0.303. The predicted molar refractivity (Wildman–Crippen MR) is 117 cm³/mol. The van der Waals surface area contributed by atoms with E-state index in [1.807, 2.05) is 25.1 Å². The molecule has 0 saturated carbocycles. The number of benzene rings is 1. The van der Waals surface area contributed by atoms with Gasteiger partial charge in [-0.25, -0.2) is 0 Å². The first-order chi connectivity index (χ1) is 14.6. The number of carbonyl (C=O) groups is 1. The van der Waals surface area contributed by atoms with E-state index in [2.05, 4.69) is 35.0 Å². The van der Waals surface area contributed by atoms with Crippen molar-refractivity contribution < 1.29 is 9.53 Å². The van der Waals surface area contributed by atoms with Crippen molar-refractivity contribution in [3.05, 3.63) is 64.0 Å². The van der Waals surface area contributed by atoms with Crippen LogP contribution in [0.15, 0.2) is 35.9 Å². The molecule has 1 aromatic heterocycles. The van der Waals surface area contributed by atoms with Gasteiger partial charge in [0.15, 0.2) is 0 Å². The molecular weight excluding hydrogens is 374 g/mol. The summed E-state index contributed by atoms with van der Waals surface area (Å²) in [6.45, 7) is 5.75. The summed E-state index contributed by atoms with van der Waals surface area (Å²) in [5, 5.41) is 12.8. The maximum atomic E-state index is 12.9. The number of nitrogens with zero attached hydrogens (tertiary/aromatic N) is 2. The summed E-state index contributed by atoms with van der Waals surface area (Å²) < 4.78 is 8.01. The molecule has 1 saturated heterocycles. The molecule has 5 nitrogen and oxygen atoms in total. The Labute approximate surface area is 178 Å². The van der Waals surface area contributed by atoms with Gasteiger partial charge in [0.2, 0.25) is 0 Å². The number of aryl methyl sites for hydroxylation is 2. The lowest BCUT2D eigenvalue weighted by molar-refractivity contribution is -0.117. The maximum absolute atomic E-state index is 12.9. The average Bonchev–Trinajstić information content (AvgIpc) is 3.36. The lowest BCUT2D eigenvalue weighted by Crippen LogP contribution is -2.31. The minimum atomic E-state index is -0.303. The van der Waals surface area contributed by atoms with E-state index in [1.165, 1.54) is 11.1 Å². The summed E-state index contributed by atoms with van der Waals surface area (Å²) in [6, 6.07) is 12.4. The Bertz CT molecular complexity index is 1010. The van der Waals surface area contributed by atoms with Crippen LogP contribution in [0, 0.1) is 25.2 Å². The van der Waals surface area contributed by atoms with Crippen LogP contribution in [-0.2, 0) is 22.5 Å². The standard InChI is InChI=1S/C25H29N3O2/c1-17-13-20(18(2)28(17)16-22-9-6-12-30-22)14-21(15-26)25(29)27-24-11-5-8-19-7-3-4-10-23(19)24/h3-4,7,10,13-14,22,24H,5-6,8-9,11-12,16H2,1-2H3,(H,27,29)/b21-14+. The molecule has 0 spiro atoms. The first kappa shape index (κ1) is 20.4. The summed E-state index contributed by atoms with van der Waals surface area (Å²) in [5.41, 5.74) is 5.70. The number of ether oxygens (including phenoxy) is 1. The van der Waals surface area contributed by atoms with Crippen molar-refractivity contribution in [2.45, 2.75) is 64.6 Å². The molecule has 30 heavy (non-hydrogen) atoms. The number of amides is 1. The zero-order valence-corrected chi connectivity index (χ0v) is 17.8. The molecule has 1 aliphatic heterocycles.